The predicted molar refractivity (Wildman–Crippen MR) is 77.2 cm³/mol. The van der Waals surface area contributed by atoms with E-state index in [-0.39, 0.29) is 12.5 Å². The highest BCUT2D eigenvalue weighted by Crippen LogP contribution is 2.10. The van der Waals surface area contributed by atoms with Crippen molar-refractivity contribution in [2.24, 2.45) is 5.92 Å². The van der Waals surface area contributed by atoms with Crippen molar-refractivity contribution in [3.05, 3.63) is 24.0 Å². The van der Waals surface area contributed by atoms with Crippen molar-refractivity contribution in [3.63, 3.8) is 0 Å². The second kappa shape index (κ2) is 8.75. The van der Waals surface area contributed by atoms with Crippen LogP contribution >= 0.6 is 0 Å². The van der Waals surface area contributed by atoms with Gasteiger partial charge in [-0.1, -0.05) is 20.3 Å². The van der Waals surface area contributed by atoms with Crippen molar-refractivity contribution >= 4 is 5.91 Å². The van der Waals surface area contributed by atoms with E-state index >= 15 is 0 Å². The molecule has 0 saturated carbocycles. The van der Waals surface area contributed by atoms with Gasteiger partial charge >= 0.3 is 0 Å². The highest BCUT2D eigenvalue weighted by atomic mass is 16.3. The summed E-state index contributed by atoms with van der Waals surface area (Å²) >= 11 is 0. The van der Waals surface area contributed by atoms with E-state index in [1.807, 2.05) is 22.9 Å². The van der Waals surface area contributed by atoms with Gasteiger partial charge in [0.05, 0.1) is 0 Å². The molecule has 1 aromatic rings. The van der Waals surface area contributed by atoms with Crippen LogP contribution in [0.15, 0.2) is 18.3 Å². The van der Waals surface area contributed by atoms with Gasteiger partial charge in [0.25, 0.3) is 5.91 Å². The van der Waals surface area contributed by atoms with E-state index in [0.29, 0.717) is 12.5 Å². The minimum absolute atomic E-state index is 0.0162. The molecule has 0 radical (unpaired) electrons. The summed E-state index contributed by atoms with van der Waals surface area (Å²) in [6.07, 6.45) is 5.82. The van der Waals surface area contributed by atoms with Crippen LogP contribution in [-0.2, 0) is 6.54 Å². The summed E-state index contributed by atoms with van der Waals surface area (Å²) in [5.74, 6) is 0.353. The Morgan fingerprint density at radius 3 is 2.79 bits per heavy atom. The molecule has 1 atom stereocenters. The topological polar surface area (TPSA) is 54.3 Å². The van der Waals surface area contributed by atoms with E-state index in [1.54, 1.807) is 0 Å². The molecule has 0 aliphatic rings. The van der Waals surface area contributed by atoms with Crippen LogP contribution in [0, 0.1) is 5.92 Å². The number of hydrogen-bond donors (Lipinski definition) is 2. The summed E-state index contributed by atoms with van der Waals surface area (Å²) in [6.45, 7) is 5.92. The van der Waals surface area contributed by atoms with Crippen LogP contribution in [0.4, 0.5) is 0 Å². The lowest BCUT2D eigenvalue weighted by atomic mass is 10.0. The number of aromatic nitrogens is 1. The van der Waals surface area contributed by atoms with E-state index < -0.39 is 0 Å². The smallest absolute Gasteiger partial charge is 0.267 e. The van der Waals surface area contributed by atoms with Crippen molar-refractivity contribution < 1.29 is 9.90 Å². The van der Waals surface area contributed by atoms with Crippen LogP contribution in [0.2, 0.25) is 0 Å². The minimum Gasteiger partial charge on any atom is -0.396 e. The van der Waals surface area contributed by atoms with Crippen molar-refractivity contribution in [3.8, 4) is 0 Å². The fraction of sp³-hybridized carbons (Fsp3) is 0.667. The zero-order valence-corrected chi connectivity index (χ0v) is 12.1. The third-order valence-corrected chi connectivity index (χ3v) is 3.31. The molecule has 2 N–H and O–H groups in total. The molecule has 1 heterocycles. The molecule has 0 bridgehead atoms. The average Bonchev–Trinajstić information content (AvgIpc) is 2.85. The number of carbonyl (C=O) groups excluding carboxylic acids is 1. The Morgan fingerprint density at radius 1 is 1.37 bits per heavy atom. The number of nitrogens with zero attached hydrogens (tertiary/aromatic N) is 1. The van der Waals surface area contributed by atoms with Gasteiger partial charge in [-0.2, -0.15) is 0 Å². The van der Waals surface area contributed by atoms with E-state index in [1.165, 1.54) is 0 Å². The molecule has 1 rings (SSSR count). The fourth-order valence-electron chi connectivity index (χ4n) is 2.32. The third-order valence-electron chi connectivity index (χ3n) is 3.31. The molecule has 108 valence electrons. The zero-order valence-electron chi connectivity index (χ0n) is 12.1. The van der Waals surface area contributed by atoms with Gasteiger partial charge in [0, 0.05) is 25.9 Å². The maximum atomic E-state index is 12.1. The molecule has 4 heteroatoms. The maximum Gasteiger partial charge on any atom is 0.267 e. The normalized spacial score (nSPS) is 12.4. The van der Waals surface area contributed by atoms with Crippen LogP contribution in [-0.4, -0.2) is 28.7 Å². The Balaban J connectivity index is 2.51. The van der Waals surface area contributed by atoms with Crippen molar-refractivity contribution in [1.82, 2.24) is 9.88 Å². The van der Waals surface area contributed by atoms with Crippen LogP contribution in [0.25, 0.3) is 0 Å². The first kappa shape index (κ1) is 15.8. The predicted octanol–water partition coefficient (Wildman–Crippen LogP) is 2.43. The number of amides is 1. The summed E-state index contributed by atoms with van der Waals surface area (Å²) in [7, 11) is 0. The van der Waals surface area contributed by atoms with Gasteiger partial charge in [0.15, 0.2) is 0 Å². The molecular formula is C15H26N2O2. The standard InChI is InChI=1S/C15H26N2O2/c1-3-6-13(8-11-18)12-16-15(19)14-7-5-10-17(14)9-4-2/h5,7,10,13,18H,3-4,6,8-9,11-12H2,1-2H3,(H,16,19). The van der Waals surface area contributed by atoms with Crippen LogP contribution in [0.5, 0.6) is 0 Å². The first-order valence-corrected chi connectivity index (χ1v) is 7.27. The van der Waals surface area contributed by atoms with E-state index in [2.05, 4.69) is 19.2 Å². The van der Waals surface area contributed by atoms with Gasteiger partial charge in [0.1, 0.15) is 5.69 Å². The first-order valence-electron chi connectivity index (χ1n) is 7.27. The second-order valence-electron chi connectivity index (χ2n) is 4.96. The molecule has 0 saturated heterocycles. The molecule has 1 amide bonds. The molecular weight excluding hydrogens is 240 g/mol. The number of nitrogens with one attached hydrogen (secondary N) is 1. The lowest BCUT2D eigenvalue weighted by Gasteiger charge is -2.16. The number of rotatable bonds is 9. The molecule has 19 heavy (non-hydrogen) atoms. The van der Waals surface area contributed by atoms with Gasteiger partial charge in [-0.25, -0.2) is 0 Å². The summed E-state index contributed by atoms with van der Waals surface area (Å²) in [6, 6.07) is 3.76. The third kappa shape index (κ3) is 5.07. The maximum absolute atomic E-state index is 12.1. The Kier molecular flexibility index (Phi) is 7.26. The fourth-order valence-corrected chi connectivity index (χ4v) is 2.32. The number of hydrogen-bond acceptors (Lipinski definition) is 2. The van der Waals surface area contributed by atoms with Gasteiger partial charge in [-0.15, -0.1) is 0 Å². The number of aliphatic hydroxyl groups is 1. The summed E-state index contributed by atoms with van der Waals surface area (Å²) < 4.78 is 1.98. The van der Waals surface area contributed by atoms with Gasteiger partial charge in [-0.3, -0.25) is 4.79 Å². The number of carbonyl (C=O) groups is 1. The lowest BCUT2D eigenvalue weighted by Crippen LogP contribution is -2.31. The molecule has 0 spiro atoms. The Morgan fingerprint density at radius 2 is 2.16 bits per heavy atom. The second-order valence-corrected chi connectivity index (χ2v) is 4.96. The first-order chi connectivity index (χ1) is 9.22. The highest BCUT2D eigenvalue weighted by Gasteiger charge is 2.13. The van der Waals surface area contributed by atoms with Gasteiger partial charge < -0.3 is 15.0 Å². The van der Waals surface area contributed by atoms with Gasteiger partial charge in [0.2, 0.25) is 0 Å². The van der Waals surface area contributed by atoms with Crippen molar-refractivity contribution in [2.75, 3.05) is 13.2 Å². The minimum atomic E-state index is -0.0162. The molecule has 1 unspecified atom stereocenters. The van der Waals surface area contributed by atoms with Crippen LogP contribution in [0.1, 0.15) is 50.0 Å². The molecule has 0 aliphatic carbocycles. The quantitative estimate of drug-likeness (QED) is 0.721. The summed E-state index contributed by atoms with van der Waals surface area (Å²) in [5.41, 5.74) is 0.723. The lowest BCUT2D eigenvalue weighted by molar-refractivity contribution is 0.0933. The summed E-state index contributed by atoms with van der Waals surface area (Å²) in [5, 5.41) is 12.0. The molecule has 1 aromatic heterocycles. The van der Waals surface area contributed by atoms with Crippen molar-refractivity contribution in [1.29, 1.82) is 0 Å². The van der Waals surface area contributed by atoms with E-state index in [0.717, 1.165) is 37.9 Å². The number of aliphatic hydroxyl groups excluding tert-OH is 1. The largest absolute Gasteiger partial charge is 0.396 e. The summed E-state index contributed by atoms with van der Waals surface area (Å²) in [4.78, 5) is 12.1. The average molecular weight is 266 g/mol. The van der Waals surface area contributed by atoms with E-state index in [4.69, 9.17) is 5.11 Å². The molecule has 4 nitrogen and oxygen atoms in total. The van der Waals surface area contributed by atoms with Crippen molar-refractivity contribution in [2.45, 2.75) is 46.1 Å². The SMILES string of the molecule is CCCC(CCO)CNC(=O)c1cccn1CCC. The van der Waals surface area contributed by atoms with Crippen LogP contribution in [0.3, 0.4) is 0 Å². The highest BCUT2D eigenvalue weighted by molar-refractivity contribution is 5.92. The Labute approximate surface area is 115 Å². The Hall–Kier alpha value is -1.29. The van der Waals surface area contributed by atoms with E-state index in [9.17, 15) is 4.79 Å². The Bertz CT molecular complexity index is 368. The molecule has 0 aromatic carbocycles. The van der Waals surface area contributed by atoms with Crippen LogP contribution < -0.4 is 5.32 Å². The molecule has 0 fully saturated rings. The monoisotopic (exact) mass is 266 g/mol. The molecule has 0 aliphatic heterocycles. The van der Waals surface area contributed by atoms with Gasteiger partial charge in [-0.05, 0) is 37.3 Å². The number of aryl methyl sites for hydroxylation is 1. The zero-order chi connectivity index (χ0) is 14.1.